The van der Waals surface area contributed by atoms with E-state index in [2.05, 4.69) is 0 Å². The predicted molar refractivity (Wildman–Crippen MR) is 90.7 cm³/mol. The molecule has 1 aliphatic rings. The molecule has 1 aliphatic carbocycles. The van der Waals surface area contributed by atoms with Crippen LogP contribution in [0.4, 0.5) is 0 Å². The van der Waals surface area contributed by atoms with E-state index in [1.54, 1.807) is 7.11 Å². The van der Waals surface area contributed by atoms with E-state index in [4.69, 9.17) is 4.74 Å². The molecule has 0 bridgehead atoms. The molecule has 5 heteroatoms. The van der Waals surface area contributed by atoms with Gasteiger partial charge in [-0.1, -0.05) is 6.92 Å². The van der Waals surface area contributed by atoms with Gasteiger partial charge in [-0.3, -0.25) is 19.2 Å². The van der Waals surface area contributed by atoms with Crippen LogP contribution < -0.4 is 0 Å². The number of rotatable bonds is 12. The molecule has 0 radical (unpaired) electrons. The van der Waals surface area contributed by atoms with Gasteiger partial charge in [0.25, 0.3) is 0 Å². The molecular formula is C19H30O5. The molecule has 1 saturated carbocycles. The minimum atomic E-state index is -0.154. The van der Waals surface area contributed by atoms with Crippen molar-refractivity contribution >= 4 is 23.1 Å². The first-order chi connectivity index (χ1) is 11.5. The molecular weight excluding hydrogens is 308 g/mol. The minimum absolute atomic E-state index is 0.0754. The topological polar surface area (TPSA) is 77.5 Å². The molecule has 5 nitrogen and oxygen atoms in total. The number of Topliss-reactive ketones (excluding diaryl/α,β-unsaturated/α-hetero) is 4. The molecule has 136 valence electrons. The molecule has 0 N–H and O–H groups in total. The molecule has 2 atom stereocenters. The summed E-state index contributed by atoms with van der Waals surface area (Å²) in [6, 6.07) is 0. The van der Waals surface area contributed by atoms with Gasteiger partial charge in [-0.25, -0.2) is 0 Å². The van der Waals surface area contributed by atoms with Crippen LogP contribution in [0.15, 0.2) is 0 Å². The Kier molecular flexibility index (Phi) is 9.69. The maximum Gasteiger partial charge on any atom is 0.136 e. The van der Waals surface area contributed by atoms with Crippen molar-refractivity contribution in [3.8, 4) is 0 Å². The van der Waals surface area contributed by atoms with Crippen molar-refractivity contribution in [2.75, 3.05) is 13.7 Å². The van der Waals surface area contributed by atoms with Crippen LogP contribution in [0.1, 0.15) is 71.1 Å². The summed E-state index contributed by atoms with van der Waals surface area (Å²) in [5.41, 5.74) is 0. The largest absolute Gasteiger partial charge is 0.385 e. The van der Waals surface area contributed by atoms with Gasteiger partial charge in [-0.05, 0) is 25.2 Å². The molecule has 0 saturated heterocycles. The fraction of sp³-hybridized carbons (Fsp3) is 0.789. The summed E-state index contributed by atoms with van der Waals surface area (Å²) in [7, 11) is 1.60. The SMILES string of the molecule is CCC(=O)C1CC(=O)CC(CCC(=O)CCC(=O)CCCOC)C1. The van der Waals surface area contributed by atoms with Gasteiger partial charge in [0.05, 0.1) is 0 Å². The Morgan fingerprint density at radius 2 is 1.71 bits per heavy atom. The Bertz CT molecular complexity index is 455. The van der Waals surface area contributed by atoms with Crippen LogP contribution in [-0.4, -0.2) is 36.8 Å². The molecule has 0 spiro atoms. The molecule has 24 heavy (non-hydrogen) atoms. The number of methoxy groups -OCH3 is 1. The second kappa shape index (κ2) is 11.2. The van der Waals surface area contributed by atoms with Crippen LogP contribution in [-0.2, 0) is 23.9 Å². The maximum atomic E-state index is 11.9. The van der Waals surface area contributed by atoms with Crippen molar-refractivity contribution in [3.05, 3.63) is 0 Å². The number of carbonyl (C=O) groups is 4. The smallest absolute Gasteiger partial charge is 0.136 e. The lowest BCUT2D eigenvalue weighted by Gasteiger charge is -2.27. The monoisotopic (exact) mass is 338 g/mol. The van der Waals surface area contributed by atoms with Crippen molar-refractivity contribution in [2.45, 2.75) is 71.1 Å². The lowest BCUT2D eigenvalue weighted by molar-refractivity contribution is -0.131. The summed E-state index contributed by atoms with van der Waals surface area (Å²) in [5.74, 6) is 0.444. The summed E-state index contributed by atoms with van der Waals surface area (Å²) >= 11 is 0. The van der Waals surface area contributed by atoms with Crippen LogP contribution in [0.25, 0.3) is 0 Å². The van der Waals surface area contributed by atoms with Crippen LogP contribution in [0.3, 0.4) is 0 Å². The fourth-order valence-corrected chi connectivity index (χ4v) is 3.31. The highest BCUT2D eigenvalue weighted by Gasteiger charge is 2.30. The van der Waals surface area contributed by atoms with E-state index in [1.807, 2.05) is 6.92 Å². The molecule has 0 aromatic heterocycles. The number of ketones is 4. The number of carbonyl (C=O) groups excluding carboxylic acids is 4. The second-order valence-corrected chi connectivity index (χ2v) is 6.78. The summed E-state index contributed by atoms with van der Waals surface area (Å²) in [5, 5.41) is 0. The Morgan fingerprint density at radius 3 is 2.33 bits per heavy atom. The van der Waals surface area contributed by atoms with E-state index in [0.29, 0.717) is 58.0 Å². The Balaban J connectivity index is 2.27. The Hall–Kier alpha value is -1.36. The molecule has 1 rings (SSSR count). The summed E-state index contributed by atoms with van der Waals surface area (Å²) in [6.07, 6.45) is 4.82. The predicted octanol–water partition coefficient (Wildman–Crippen LogP) is 3.08. The normalized spacial score (nSPS) is 20.8. The summed E-state index contributed by atoms with van der Waals surface area (Å²) < 4.78 is 4.90. The number of ether oxygens (including phenoxy) is 1. The molecule has 0 aliphatic heterocycles. The highest BCUT2D eigenvalue weighted by Crippen LogP contribution is 2.31. The zero-order valence-electron chi connectivity index (χ0n) is 15.0. The van der Waals surface area contributed by atoms with Gasteiger partial charge in [-0.2, -0.15) is 0 Å². The van der Waals surface area contributed by atoms with Gasteiger partial charge in [-0.15, -0.1) is 0 Å². The van der Waals surface area contributed by atoms with Crippen molar-refractivity contribution < 1.29 is 23.9 Å². The van der Waals surface area contributed by atoms with Crippen LogP contribution in [0.2, 0.25) is 0 Å². The van der Waals surface area contributed by atoms with E-state index in [1.165, 1.54) is 0 Å². The zero-order valence-corrected chi connectivity index (χ0v) is 15.0. The highest BCUT2D eigenvalue weighted by molar-refractivity contribution is 5.89. The first-order valence-electron chi connectivity index (χ1n) is 9.03. The van der Waals surface area contributed by atoms with Gasteiger partial charge in [0.2, 0.25) is 0 Å². The zero-order chi connectivity index (χ0) is 17.9. The quantitative estimate of drug-likeness (QED) is 0.511. The summed E-state index contributed by atoms with van der Waals surface area (Å²) in [6.45, 7) is 2.39. The maximum absolute atomic E-state index is 11.9. The van der Waals surface area contributed by atoms with E-state index in [0.717, 1.165) is 6.42 Å². The van der Waals surface area contributed by atoms with Crippen LogP contribution in [0.5, 0.6) is 0 Å². The molecule has 0 aromatic carbocycles. The third kappa shape index (κ3) is 7.95. The minimum Gasteiger partial charge on any atom is -0.385 e. The van der Waals surface area contributed by atoms with Gasteiger partial charge < -0.3 is 4.74 Å². The first kappa shape index (κ1) is 20.7. The standard InChI is InChI=1S/C19H30O5/c1-3-19(23)15-11-14(12-18(22)13-15)6-7-17(21)9-8-16(20)5-4-10-24-2/h14-15H,3-13H2,1-2H3. The lowest BCUT2D eigenvalue weighted by Crippen LogP contribution is -2.28. The Morgan fingerprint density at radius 1 is 1.04 bits per heavy atom. The van der Waals surface area contributed by atoms with Crippen LogP contribution in [0, 0.1) is 11.8 Å². The van der Waals surface area contributed by atoms with Gasteiger partial charge in [0.1, 0.15) is 23.1 Å². The van der Waals surface area contributed by atoms with Crippen molar-refractivity contribution in [3.63, 3.8) is 0 Å². The third-order valence-corrected chi connectivity index (χ3v) is 4.73. The van der Waals surface area contributed by atoms with Crippen LogP contribution >= 0.6 is 0 Å². The summed E-state index contributed by atoms with van der Waals surface area (Å²) in [4.78, 5) is 47.2. The number of hydrogen-bond acceptors (Lipinski definition) is 5. The third-order valence-electron chi connectivity index (χ3n) is 4.73. The van der Waals surface area contributed by atoms with E-state index in [-0.39, 0.29) is 41.4 Å². The van der Waals surface area contributed by atoms with Crippen molar-refractivity contribution in [1.82, 2.24) is 0 Å². The second-order valence-electron chi connectivity index (χ2n) is 6.78. The molecule has 0 aromatic rings. The fourth-order valence-electron chi connectivity index (χ4n) is 3.31. The average Bonchev–Trinajstić information content (AvgIpc) is 2.57. The highest BCUT2D eigenvalue weighted by atomic mass is 16.5. The average molecular weight is 338 g/mol. The van der Waals surface area contributed by atoms with E-state index in [9.17, 15) is 19.2 Å². The molecule has 0 amide bonds. The van der Waals surface area contributed by atoms with E-state index < -0.39 is 0 Å². The first-order valence-corrected chi connectivity index (χ1v) is 9.03. The lowest BCUT2D eigenvalue weighted by atomic mass is 9.76. The Labute approximate surface area is 144 Å². The molecule has 1 fully saturated rings. The molecule has 0 heterocycles. The number of hydrogen-bond donors (Lipinski definition) is 0. The van der Waals surface area contributed by atoms with Gasteiger partial charge >= 0.3 is 0 Å². The van der Waals surface area contributed by atoms with Crippen molar-refractivity contribution in [1.29, 1.82) is 0 Å². The van der Waals surface area contributed by atoms with E-state index >= 15 is 0 Å². The van der Waals surface area contributed by atoms with Gasteiger partial charge in [0, 0.05) is 64.6 Å². The van der Waals surface area contributed by atoms with Gasteiger partial charge in [0.15, 0.2) is 0 Å². The van der Waals surface area contributed by atoms with Crippen molar-refractivity contribution in [2.24, 2.45) is 11.8 Å². The molecule has 2 unspecified atom stereocenters.